The second kappa shape index (κ2) is 9.33. The van der Waals surface area contributed by atoms with Crippen LogP contribution in [0.1, 0.15) is 84.6 Å². The van der Waals surface area contributed by atoms with Crippen molar-refractivity contribution in [1.29, 1.82) is 0 Å². The monoisotopic (exact) mass is 560 g/mol. The number of aryl methyl sites for hydroxylation is 2. The average Bonchev–Trinajstić information content (AvgIpc) is 2.85. The Labute approximate surface area is 251 Å². The molecule has 2 heterocycles. The van der Waals surface area contributed by atoms with Crippen molar-refractivity contribution >= 4 is 44.1 Å². The van der Waals surface area contributed by atoms with E-state index in [9.17, 15) is 0 Å². The van der Waals surface area contributed by atoms with Crippen LogP contribution in [0.5, 0.6) is 0 Å². The summed E-state index contributed by atoms with van der Waals surface area (Å²) in [5.41, 5.74) is 9.07. The molecule has 1 aliphatic heterocycles. The van der Waals surface area contributed by atoms with E-state index >= 15 is 0 Å². The summed E-state index contributed by atoms with van der Waals surface area (Å²) in [5, 5.41) is 8.39. The molecule has 212 valence electrons. The van der Waals surface area contributed by atoms with E-state index in [-0.39, 0.29) is 16.2 Å². The Morgan fingerprint density at radius 3 is 2.10 bits per heavy atom. The standard InChI is InChI=1S/C39H46NS/c1-23-28-19-24(21-37(2,3)4)15-16-26(28)29(22-38(5,6)7)36-32(23)35-34-27(17-18-40(35)11)33-25(20-31(34)41-36)13-12-14-30(33)39(8,9)10/h12-20H,21-22H2,1-11H3/q+1. The first-order valence-corrected chi connectivity index (χ1v) is 16.0. The first-order chi connectivity index (χ1) is 19.0. The lowest BCUT2D eigenvalue weighted by atomic mass is 9.80. The molecule has 0 radical (unpaired) electrons. The van der Waals surface area contributed by atoms with Gasteiger partial charge in [0.05, 0.1) is 10.9 Å². The molecule has 6 rings (SSSR count). The zero-order valence-electron chi connectivity index (χ0n) is 27.0. The van der Waals surface area contributed by atoms with Crippen LogP contribution in [0.2, 0.25) is 0 Å². The van der Waals surface area contributed by atoms with Crippen LogP contribution in [-0.2, 0) is 25.3 Å². The predicted octanol–water partition coefficient (Wildman–Crippen LogP) is 10.9. The first kappa shape index (κ1) is 28.3. The van der Waals surface area contributed by atoms with Gasteiger partial charge in [-0.25, -0.2) is 4.57 Å². The maximum absolute atomic E-state index is 2.50. The second-order valence-corrected chi connectivity index (χ2v) is 16.9. The molecule has 0 unspecified atom stereocenters. The Hall–Kier alpha value is -2.84. The number of rotatable bonds is 2. The van der Waals surface area contributed by atoms with Gasteiger partial charge in [0, 0.05) is 21.2 Å². The van der Waals surface area contributed by atoms with E-state index in [4.69, 9.17) is 0 Å². The average molecular weight is 561 g/mol. The van der Waals surface area contributed by atoms with Crippen molar-refractivity contribution in [2.24, 2.45) is 17.9 Å². The van der Waals surface area contributed by atoms with Gasteiger partial charge < -0.3 is 0 Å². The van der Waals surface area contributed by atoms with Crippen molar-refractivity contribution < 1.29 is 4.57 Å². The lowest BCUT2D eigenvalue weighted by molar-refractivity contribution is -0.659. The normalized spacial score (nSPS) is 13.8. The molecule has 1 aromatic heterocycles. The largest absolute Gasteiger partial charge is 0.222 e. The number of fused-ring (bicyclic) bond motifs is 5. The third-order valence-corrected chi connectivity index (χ3v) is 9.81. The molecule has 5 aromatic rings. The van der Waals surface area contributed by atoms with Gasteiger partial charge in [-0.3, -0.25) is 0 Å². The molecule has 41 heavy (non-hydrogen) atoms. The Kier molecular flexibility index (Phi) is 6.44. The maximum atomic E-state index is 2.50. The molecule has 4 aromatic carbocycles. The molecular formula is C39H46NS+. The molecule has 2 heteroatoms. The van der Waals surface area contributed by atoms with Gasteiger partial charge in [-0.15, -0.1) is 0 Å². The number of pyridine rings is 1. The Morgan fingerprint density at radius 2 is 1.44 bits per heavy atom. The van der Waals surface area contributed by atoms with Crippen molar-refractivity contribution in [1.82, 2.24) is 0 Å². The molecule has 0 bridgehead atoms. The Bertz CT molecular complexity index is 1870. The van der Waals surface area contributed by atoms with E-state index < -0.39 is 0 Å². The third-order valence-electron chi connectivity index (χ3n) is 8.61. The lowest BCUT2D eigenvalue weighted by Crippen LogP contribution is -2.32. The van der Waals surface area contributed by atoms with Gasteiger partial charge in [0.2, 0.25) is 5.69 Å². The minimum atomic E-state index is 0.0662. The zero-order valence-corrected chi connectivity index (χ0v) is 27.8. The highest BCUT2D eigenvalue weighted by molar-refractivity contribution is 8.00. The van der Waals surface area contributed by atoms with Crippen LogP contribution in [0.3, 0.4) is 0 Å². The Morgan fingerprint density at radius 1 is 0.732 bits per heavy atom. The fraction of sp³-hybridized carbons (Fsp3) is 0.410. The van der Waals surface area contributed by atoms with Gasteiger partial charge in [-0.05, 0) is 85.9 Å². The van der Waals surface area contributed by atoms with E-state index in [0.29, 0.717) is 0 Å². The molecule has 0 spiro atoms. The summed E-state index contributed by atoms with van der Waals surface area (Å²) in [6.45, 7) is 23.5. The summed E-state index contributed by atoms with van der Waals surface area (Å²) in [4.78, 5) is 2.84. The summed E-state index contributed by atoms with van der Waals surface area (Å²) < 4.78 is 2.38. The zero-order chi connectivity index (χ0) is 29.6. The molecule has 1 aliphatic rings. The molecule has 1 nitrogen and oxygen atoms in total. The van der Waals surface area contributed by atoms with Gasteiger partial charge in [0.25, 0.3) is 0 Å². The van der Waals surface area contributed by atoms with E-state index in [1.807, 2.05) is 11.8 Å². The van der Waals surface area contributed by atoms with Gasteiger partial charge in [0.15, 0.2) is 6.20 Å². The summed E-state index contributed by atoms with van der Waals surface area (Å²) in [5.74, 6) is 0. The van der Waals surface area contributed by atoms with Crippen molar-refractivity contribution in [3.8, 4) is 11.3 Å². The molecule has 0 fully saturated rings. The summed E-state index contributed by atoms with van der Waals surface area (Å²) >= 11 is 2.01. The summed E-state index contributed by atoms with van der Waals surface area (Å²) in [6.07, 6.45) is 4.42. The van der Waals surface area contributed by atoms with Gasteiger partial charge in [-0.1, -0.05) is 110 Å². The van der Waals surface area contributed by atoms with Crippen LogP contribution in [0.4, 0.5) is 0 Å². The highest BCUT2D eigenvalue weighted by Crippen LogP contribution is 2.54. The SMILES string of the molecule is Cc1c2c(c(CC(C)(C)C)c3ccc(CC(C)(C)C)cc13)Sc1cc3cccc(C(C)(C)C)c3c3cc[n+](C)c-2c13. The molecule has 0 atom stereocenters. The number of benzene rings is 4. The van der Waals surface area contributed by atoms with Crippen LogP contribution in [0.25, 0.3) is 43.6 Å². The van der Waals surface area contributed by atoms with E-state index in [1.54, 1.807) is 0 Å². The van der Waals surface area contributed by atoms with E-state index in [1.165, 1.54) is 75.6 Å². The van der Waals surface area contributed by atoms with Crippen LogP contribution >= 0.6 is 11.8 Å². The highest BCUT2D eigenvalue weighted by atomic mass is 32.2. The minimum absolute atomic E-state index is 0.0662. The van der Waals surface area contributed by atoms with Crippen LogP contribution < -0.4 is 4.57 Å². The maximum Gasteiger partial charge on any atom is 0.222 e. The predicted molar refractivity (Wildman–Crippen MR) is 179 cm³/mol. The van der Waals surface area contributed by atoms with Gasteiger partial charge in [-0.2, -0.15) is 0 Å². The number of nitrogens with zero attached hydrogens (tertiary/aromatic N) is 1. The second-order valence-electron chi connectivity index (χ2n) is 15.9. The molecule has 0 aliphatic carbocycles. The van der Waals surface area contributed by atoms with E-state index in [2.05, 4.69) is 136 Å². The molecule has 0 saturated carbocycles. The third kappa shape index (κ3) is 4.87. The number of hydrogen-bond acceptors (Lipinski definition) is 1. The fourth-order valence-corrected chi connectivity index (χ4v) is 8.37. The van der Waals surface area contributed by atoms with E-state index in [0.717, 1.165) is 12.8 Å². The smallest absolute Gasteiger partial charge is 0.200 e. The Balaban J connectivity index is 1.77. The fourth-order valence-electron chi connectivity index (χ4n) is 7.00. The van der Waals surface area contributed by atoms with Gasteiger partial charge >= 0.3 is 0 Å². The van der Waals surface area contributed by atoms with Crippen molar-refractivity contribution in [2.75, 3.05) is 0 Å². The molecule has 0 saturated heterocycles. The summed E-state index contributed by atoms with van der Waals surface area (Å²) in [7, 11) is 2.24. The summed E-state index contributed by atoms with van der Waals surface area (Å²) in [6, 6.07) is 19.0. The topological polar surface area (TPSA) is 3.88 Å². The van der Waals surface area contributed by atoms with Crippen LogP contribution in [0, 0.1) is 17.8 Å². The lowest BCUT2D eigenvalue weighted by Gasteiger charge is -2.29. The van der Waals surface area contributed by atoms with Crippen molar-refractivity contribution in [3.05, 3.63) is 77.0 Å². The molecule has 0 N–H and O–H groups in total. The highest BCUT2D eigenvalue weighted by Gasteiger charge is 2.34. The van der Waals surface area contributed by atoms with Crippen LogP contribution in [0.15, 0.2) is 64.5 Å². The molecule has 0 amide bonds. The molecular weight excluding hydrogens is 515 g/mol. The van der Waals surface area contributed by atoms with Gasteiger partial charge in [0.1, 0.15) is 7.05 Å². The minimum Gasteiger partial charge on any atom is -0.200 e. The van der Waals surface area contributed by atoms with Crippen molar-refractivity contribution in [2.45, 2.75) is 97.3 Å². The number of hydrogen-bond donors (Lipinski definition) is 0. The number of aromatic nitrogens is 1. The van der Waals surface area contributed by atoms with Crippen LogP contribution in [-0.4, -0.2) is 0 Å². The first-order valence-electron chi connectivity index (χ1n) is 15.2. The quantitative estimate of drug-likeness (QED) is 0.150. The van der Waals surface area contributed by atoms with Crippen molar-refractivity contribution in [3.63, 3.8) is 0 Å².